The van der Waals surface area contributed by atoms with Crippen LogP contribution in [0, 0.1) is 0 Å². The quantitative estimate of drug-likeness (QED) is 0.566. The summed E-state index contributed by atoms with van der Waals surface area (Å²) in [5.41, 5.74) is 7.97. The molecule has 0 aliphatic carbocycles. The molecule has 0 saturated carbocycles. The number of carbonyl (C=O) groups excluding carboxylic acids is 2. The third-order valence-corrected chi connectivity index (χ3v) is 5.78. The number of aromatic nitrogens is 5. The molecule has 2 N–H and O–H groups in total. The monoisotopic (exact) mass is 512 g/mol. The molecule has 4 rings (SSSR count). The molecule has 3 aromatic heterocycles. The molecule has 12 heteroatoms. The average Bonchev–Trinajstić information content (AvgIpc) is 3.37. The summed E-state index contributed by atoms with van der Waals surface area (Å²) in [5.74, 6) is 0.416. The molecule has 1 aliphatic rings. The van der Waals surface area contributed by atoms with Crippen LogP contribution in [-0.2, 0) is 22.9 Å². The first-order chi connectivity index (χ1) is 17.2. The Kier molecular flexibility index (Phi) is 6.78. The van der Waals surface area contributed by atoms with E-state index in [2.05, 4.69) is 10.2 Å². The highest BCUT2D eigenvalue weighted by Crippen LogP contribution is 2.26. The van der Waals surface area contributed by atoms with Gasteiger partial charge in [0, 0.05) is 62.2 Å². The molecule has 1 fully saturated rings. The van der Waals surface area contributed by atoms with Crippen LogP contribution in [0.4, 0.5) is 15.4 Å². The number of anilines is 1. The SMILES string of the molecule is Cn1cc(-c2cnn3c(N)cc(CC4CN(C(=O)OC(C)(C)C)CCN4C(=O)OC(C)(C)C)nc23)cn1. The Hall–Kier alpha value is -3.83. The van der Waals surface area contributed by atoms with E-state index in [4.69, 9.17) is 20.2 Å². The van der Waals surface area contributed by atoms with Crippen LogP contribution >= 0.6 is 0 Å². The fraction of sp³-hybridized carbons (Fsp3) is 0.560. The minimum absolute atomic E-state index is 0.273. The maximum absolute atomic E-state index is 13.1. The number of carbonyl (C=O) groups is 2. The number of nitrogen functional groups attached to an aromatic ring is 1. The van der Waals surface area contributed by atoms with E-state index in [9.17, 15) is 9.59 Å². The molecule has 1 atom stereocenters. The van der Waals surface area contributed by atoms with Crippen molar-refractivity contribution in [1.29, 1.82) is 0 Å². The zero-order valence-electron chi connectivity index (χ0n) is 22.6. The minimum Gasteiger partial charge on any atom is -0.444 e. The predicted octanol–water partition coefficient (Wildman–Crippen LogP) is 3.11. The molecule has 1 saturated heterocycles. The first kappa shape index (κ1) is 26.2. The van der Waals surface area contributed by atoms with Crippen LogP contribution in [0.1, 0.15) is 47.2 Å². The molecular weight excluding hydrogens is 476 g/mol. The largest absolute Gasteiger partial charge is 0.444 e. The average molecular weight is 513 g/mol. The summed E-state index contributed by atoms with van der Waals surface area (Å²) in [4.78, 5) is 34.1. The molecule has 1 aliphatic heterocycles. The first-order valence-electron chi connectivity index (χ1n) is 12.3. The molecule has 0 bridgehead atoms. The van der Waals surface area contributed by atoms with Gasteiger partial charge in [0.05, 0.1) is 18.4 Å². The molecule has 37 heavy (non-hydrogen) atoms. The Morgan fingerprint density at radius 2 is 1.70 bits per heavy atom. The van der Waals surface area contributed by atoms with E-state index >= 15 is 0 Å². The van der Waals surface area contributed by atoms with Crippen molar-refractivity contribution in [2.75, 3.05) is 25.4 Å². The number of hydrogen-bond donors (Lipinski definition) is 1. The van der Waals surface area contributed by atoms with Gasteiger partial charge in [0.1, 0.15) is 17.0 Å². The fourth-order valence-electron chi connectivity index (χ4n) is 4.23. The number of ether oxygens (including phenoxy) is 2. The Morgan fingerprint density at radius 3 is 2.32 bits per heavy atom. The van der Waals surface area contributed by atoms with Crippen molar-refractivity contribution in [3.05, 3.63) is 30.4 Å². The summed E-state index contributed by atoms with van der Waals surface area (Å²) in [6.45, 7) is 11.9. The molecule has 200 valence electrons. The Bertz CT molecular complexity index is 1300. The molecule has 3 aromatic rings. The highest BCUT2D eigenvalue weighted by molar-refractivity contribution is 5.77. The van der Waals surface area contributed by atoms with Crippen molar-refractivity contribution in [2.24, 2.45) is 7.05 Å². The van der Waals surface area contributed by atoms with Crippen LogP contribution in [0.2, 0.25) is 0 Å². The van der Waals surface area contributed by atoms with Crippen LogP contribution in [-0.4, -0.2) is 83.2 Å². The molecule has 12 nitrogen and oxygen atoms in total. The standard InChI is InChI=1S/C25H36N8O4/c1-24(2,3)36-22(34)31-8-9-32(23(35)37-25(4,5)6)18(15-31)10-17-11-20(26)33-21(29-17)19(13-28-33)16-12-27-30(7)14-16/h11-14,18H,8-10,15,26H2,1-7H3. The van der Waals surface area contributed by atoms with E-state index < -0.39 is 29.4 Å². The molecule has 0 spiro atoms. The summed E-state index contributed by atoms with van der Waals surface area (Å²) < 4.78 is 14.5. The van der Waals surface area contributed by atoms with Gasteiger partial charge in [-0.2, -0.15) is 14.7 Å². The molecule has 0 radical (unpaired) electrons. The van der Waals surface area contributed by atoms with Gasteiger partial charge in [0.2, 0.25) is 0 Å². The normalized spacial score (nSPS) is 16.8. The highest BCUT2D eigenvalue weighted by atomic mass is 16.6. The van der Waals surface area contributed by atoms with E-state index in [1.807, 2.05) is 54.8 Å². The predicted molar refractivity (Wildman–Crippen MR) is 138 cm³/mol. The smallest absolute Gasteiger partial charge is 0.410 e. The van der Waals surface area contributed by atoms with Gasteiger partial charge < -0.3 is 25.0 Å². The number of rotatable bonds is 3. The van der Waals surface area contributed by atoms with Crippen molar-refractivity contribution in [2.45, 2.75) is 65.2 Å². The van der Waals surface area contributed by atoms with Gasteiger partial charge in [0.25, 0.3) is 0 Å². The number of nitrogens with two attached hydrogens (primary N) is 1. The topological polar surface area (TPSA) is 133 Å². The maximum Gasteiger partial charge on any atom is 0.410 e. The number of amides is 2. The highest BCUT2D eigenvalue weighted by Gasteiger charge is 2.37. The fourth-order valence-corrected chi connectivity index (χ4v) is 4.23. The van der Waals surface area contributed by atoms with E-state index in [1.54, 1.807) is 37.5 Å². The Morgan fingerprint density at radius 1 is 1.03 bits per heavy atom. The van der Waals surface area contributed by atoms with Gasteiger partial charge in [-0.15, -0.1) is 0 Å². The van der Waals surface area contributed by atoms with E-state index in [-0.39, 0.29) is 6.54 Å². The first-order valence-corrected chi connectivity index (χ1v) is 12.3. The van der Waals surface area contributed by atoms with Crippen LogP contribution in [0.3, 0.4) is 0 Å². The van der Waals surface area contributed by atoms with Gasteiger partial charge >= 0.3 is 12.2 Å². The van der Waals surface area contributed by atoms with E-state index in [0.717, 1.165) is 11.1 Å². The van der Waals surface area contributed by atoms with Gasteiger partial charge in [-0.05, 0) is 41.5 Å². The zero-order valence-corrected chi connectivity index (χ0v) is 22.6. The molecule has 4 heterocycles. The molecule has 2 amide bonds. The van der Waals surface area contributed by atoms with Gasteiger partial charge in [-0.25, -0.2) is 14.6 Å². The Labute approximate surface area is 216 Å². The summed E-state index contributed by atoms with van der Waals surface area (Å²) in [6, 6.07) is 1.35. The summed E-state index contributed by atoms with van der Waals surface area (Å²) in [7, 11) is 1.84. The van der Waals surface area contributed by atoms with Crippen molar-refractivity contribution < 1.29 is 19.1 Å². The van der Waals surface area contributed by atoms with Gasteiger partial charge in [0.15, 0.2) is 5.65 Å². The lowest BCUT2D eigenvalue weighted by molar-refractivity contribution is -0.0147. The number of aryl methyl sites for hydroxylation is 1. The molecule has 1 unspecified atom stereocenters. The summed E-state index contributed by atoms with van der Waals surface area (Å²) in [5, 5.41) is 8.62. The minimum atomic E-state index is -0.651. The van der Waals surface area contributed by atoms with Crippen molar-refractivity contribution in [3.63, 3.8) is 0 Å². The number of piperazine rings is 1. The number of hydrogen-bond acceptors (Lipinski definition) is 8. The maximum atomic E-state index is 13.1. The number of nitrogens with zero attached hydrogens (tertiary/aromatic N) is 7. The van der Waals surface area contributed by atoms with Crippen LogP contribution < -0.4 is 5.73 Å². The Balaban J connectivity index is 1.65. The van der Waals surface area contributed by atoms with Gasteiger partial charge in [-0.1, -0.05) is 0 Å². The van der Waals surface area contributed by atoms with Crippen LogP contribution in [0.15, 0.2) is 24.7 Å². The van der Waals surface area contributed by atoms with E-state index in [0.29, 0.717) is 36.7 Å². The summed E-state index contributed by atoms with van der Waals surface area (Å²) >= 11 is 0. The second-order valence-corrected chi connectivity index (χ2v) is 11.3. The zero-order chi connectivity index (χ0) is 27.1. The van der Waals surface area contributed by atoms with Gasteiger partial charge in [-0.3, -0.25) is 4.68 Å². The second-order valence-electron chi connectivity index (χ2n) is 11.3. The molecular formula is C25H36N8O4. The van der Waals surface area contributed by atoms with Crippen molar-refractivity contribution in [1.82, 2.24) is 34.2 Å². The number of fused-ring (bicyclic) bond motifs is 1. The van der Waals surface area contributed by atoms with Crippen LogP contribution in [0.5, 0.6) is 0 Å². The lowest BCUT2D eigenvalue weighted by Gasteiger charge is -2.41. The molecule has 0 aromatic carbocycles. The second kappa shape index (κ2) is 9.56. The lowest BCUT2D eigenvalue weighted by atomic mass is 10.1. The van der Waals surface area contributed by atoms with E-state index in [1.165, 1.54) is 0 Å². The summed E-state index contributed by atoms with van der Waals surface area (Å²) in [6.07, 6.45) is 4.83. The van der Waals surface area contributed by atoms with Crippen LogP contribution in [0.25, 0.3) is 16.8 Å². The lowest BCUT2D eigenvalue weighted by Crippen LogP contribution is -2.58. The van der Waals surface area contributed by atoms with Crippen molar-refractivity contribution >= 4 is 23.7 Å². The van der Waals surface area contributed by atoms with Crippen molar-refractivity contribution in [3.8, 4) is 11.1 Å². The third kappa shape index (κ3) is 6.12. The third-order valence-electron chi connectivity index (χ3n) is 5.78.